The predicted octanol–water partition coefficient (Wildman–Crippen LogP) is 3.14. The number of fused-ring (bicyclic) bond motifs is 1. The topological polar surface area (TPSA) is 79.3 Å². The second-order valence-corrected chi connectivity index (χ2v) is 7.34. The molecule has 0 aliphatic heterocycles. The maximum Gasteiger partial charge on any atom is 0.264 e. The van der Waals surface area contributed by atoms with E-state index in [4.69, 9.17) is 0 Å². The van der Waals surface area contributed by atoms with E-state index in [2.05, 4.69) is 9.71 Å². The minimum atomic E-state index is -3.80. The van der Waals surface area contributed by atoms with Crippen LogP contribution in [-0.2, 0) is 16.6 Å². The Morgan fingerprint density at radius 2 is 1.88 bits per heavy atom. The van der Waals surface area contributed by atoms with E-state index in [0.29, 0.717) is 16.8 Å². The predicted molar refractivity (Wildman–Crippen MR) is 94.4 cm³/mol. The number of aliphatic hydroxyl groups excluding tert-OH is 1. The van der Waals surface area contributed by atoms with Crippen LogP contribution in [0.25, 0.3) is 10.9 Å². The quantitative estimate of drug-likeness (QED) is 0.763. The van der Waals surface area contributed by atoms with Crippen molar-refractivity contribution in [3.05, 3.63) is 65.4 Å². The molecule has 0 spiro atoms. The summed E-state index contributed by atoms with van der Waals surface area (Å²) in [6.45, 7) is 3.49. The molecule has 0 aliphatic rings. The first kappa shape index (κ1) is 16.4. The van der Waals surface area contributed by atoms with Crippen molar-refractivity contribution in [1.29, 1.82) is 0 Å². The summed E-state index contributed by atoms with van der Waals surface area (Å²) in [4.78, 5) is 4.52. The number of aryl methyl sites for hydroxylation is 2. The molecule has 2 aromatic carbocycles. The lowest BCUT2D eigenvalue weighted by atomic mass is 10.1. The largest absolute Gasteiger partial charge is 0.392 e. The number of benzene rings is 2. The summed E-state index contributed by atoms with van der Waals surface area (Å²) in [6.07, 6.45) is 0. The van der Waals surface area contributed by atoms with Gasteiger partial charge in [0.2, 0.25) is 0 Å². The summed E-state index contributed by atoms with van der Waals surface area (Å²) in [6, 6.07) is 13.9. The van der Waals surface area contributed by atoms with E-state index < -0.39 is 10.0 Å². The minimum absolute atomic E-state index is 0.137. The lowest BCUT2D eigenvalue weighted by Crippen LogP contribution is -2.15. The maximum absolute atomic E-state index is 12.9. The fourth-order valence-electron chi connectivity index (χ4n) is 2.51. The summed E-state index contributed by atoms with van der Waals surface area (Å²) in [5.74, 6) is 0. The van der Waals surface area contributed by atoms with Crippen LogP contribution in [0, 0.1) is 13.8 Å². The third-order valence-corrected chi connectivity index (χ3v) is 5.24. The van der Waals surface area contributed by atoms with Crippen molar-refractivity contribution in [1.82, 2.24) is 4.98 Å². The highest BCUT2D eigenvalue weighted by Gasteiger charge is 2.19. The van der Waals surface area contributed by atoms with Gasteiger partial charge in [0.05, 0.1) is 17.8 Å². The molecule has 3 aromatic rings. The summed E-state index contributed by atoms with van der Waals surface area (Å²) < 4.78 is 28.3. The van der Waals surface area contributed by atoms with Gasteiger partial charge in [0, 0.05) is 11.1 Å². The Balaban J connectivity index is 2.11. The van der Waals surface area contributed by atoms with E-state index in [1.807, 2.05) is 32.0 Å². The molecule has 5 nitrogen and oxygen atoms in total. The van der Waals surface area contributed by atoms with E-state index in [1.54, 1.807) is 30.3 Å². The molecule has 0 bridgehead atoms. The number of sulfonamides is 1. The van der Waals surface area contributed by atoms with Gasteiger partial charge in [-0.15, -0.1) is 0 Å². The molecule has 2 N–H and O–H groups in total. The molecule has 124 valence electrons. The van der Waals surface area contributed by atoms with Crippen LogP contribution in [0.1, 0.15) is 16.8 Å². The van der Waals surface area contributed by atoms with Crippen molar-refractivity contribution < 1.29 is 13.5 Å². The zero-order valence-electron chi connectivity index (χ0n) is 13.4. The summed E-state index contributed by atoms with van der Waals surface area (Å²) in [5.41, 5.74) is 3.07. The van der Waals surface area contributed by atoms with Gasteiger partial charge >= 0.3 is 0 Å². The van der Waals surface area contributed by atoms with Crippen LogP contribution in [0.3, 0.4) is 0 Å². The molecule has 24 heavy (non-hydrogen) atoms. The molecule has 0 atom stereocenters. The average Bonchev–Trinajstić information content (AvgIpc) is 2.56. The maximum atomic E-state index is 12.9. The zero-order valence-corrected chi connectivity index (χ0v) is 14.3. The van der Waals surface area contributed by atoms with Gasteiger partial charge in [-0.2, -0.15) is 0 Å². The molecule has 3 rings (SSSR count). The number of pyridine rings is 1. The molecule has 0 saturated carbocycles. The molecule has 6 heteroatoms. The molecule has 1 heterocycles. The molecule has 0 radical (unpaired) electrons. The van der Waals surface area contributed by atoms with E-state index in [9.17, 15) is 13.5 Å². The van der Waals surface area contributed by atoms with Gasteiger partial charge in [0.1, 0.15) is 4.90 Å². The molecular weight excluding hydrogens is 324 g/mol. The molecule has 0 saturated heterocycles. The molecule has 0 unspecified atom stereocenters. The van der Waals surface area contributed by atoms with Crippen molar-refractivity contribution >= 4 is 26.6 Å². The van der Waals surface area contributed by atoms with Crippen LogP contribution in [-0.4, -0.2) is 18.5 Å². The molecule has 0 aliphatic carbocycles. The molecule has 1 aromatic heterocycles. The SMILES string of the molecule is Cc1ccc2cccc(S(=O)(=O)Nc3cc(CO)ccc3C)c2n1. The number of aromatic nitrogens is 1. The van der Waals surface area contributed by atoms with Crippen LogP contribution in [0.15, 0.2) is 53.4 Å². The second kappa shape index (κ2) is 6.22. The van der Waals surface area contributed by atoms with Crippen molar-refractivity contribution in [2.24, 2.45) is 0 Å². The lowest BCUT2D eigenvalue weighted by molar-refractivity contribution is 0.282. The number of nitrogens with zero attached hydrogens (tertiary/aromatic N) is 1. The number of hydrogen-bond acceptors (Lipinski definition) is 4. The van der Waals surface area contributed by atoms with Crippen molar-refractivity contribution in [3.8, 4) is 0 Å². The fraction of sp³-hybridized carbons (Fsp3) is 0.167. The average molecular weight is 342 g/mol. The van der Waals surface area contributed by atoms with Gasteiger partial charge in [-0.3, -0.25) is 9.71 Å². The minimum Gasteiger partial charge on any atom is -0.392 e. The lowest BCUT2D eigenvalue weighted by Gasteiger charge is -2.13. The van der Waals surface area contributed by atoms with Gasteiger partial charge in [-0.1, -0.05) is 30.3 Å². The van der Waals surface area contributed by atoms with Crippen LogP contribution < -0.4 is 4.72 Å². The Labute approximate surface area is 141 Å². The summed E-state index contributed by atoms with van der Waals surface area (Å²) >= 11 is 0. The monoisotopic (exact) mass is 342 g/mol. The second-order valence-electron chi connectivity index (χ2n) is 5.69. The highest BCUT2D eigenvalue weighted by atomic mass is 32.2. The number of nitrogens with one attached hydrogen (secondary N) is 1. The van der Waals surface area contributed by atoms with Crippen LogP contribution in [0.4, 0.5) is 5.69 Å². The summed E-state index contributed by atoms with van der Waals surface area (Å²) in [7, 11) is -3.80. The highest BCUT2D eigenvalue weighted by Crippen LogP contribution is 2.26. The number of aliphatic hydroxyl groups is 1. The Morgan fingerprint density at radius 3 is 2.62 bits per heavy atom. The van der Waals surface area contributed by atoms with Gasteiger partial charge in [-0.25, -0.2) is 8.42 Å². The number of anilines is 1. The number of para-hydroxylation sites is 1. The first-order valence-corrected chi connectivity index (χ1v) is 8.98. The van der Waals surface area contributed by atoms with Crippen molar-refractivity contribution in [2.75, 3.05) is 4.72 Å². The van der Waals surface area contributed by atoms with Crippen LogP contribution in [0.5, 0.6) is 0 Å². The Kier molecular flexibility index (Phi) is 4.26. The molecule has 0 amide bonds. The highest BCUT2D eigenvalue weighted by molar-refractivity contribution is 7.93. The number of hydrogen-bond donors (Lipinski definition) is 2. The molecule has 0 fully saturated rings. The smallest absolute Gasteiger partial charge is 0.264 e. The fourth-order valence-corrected chi connectivity index (χ4v) is 3.81. The normalized spacial score (nSPS) is 11.6. The summed E-state index contributed by atoms with van der Waals surface area (Å²) in [5, 5.41) is 10.0. The van der Waals surface area contributed by atoms with Crippen molar-refractivity contribution in [2.45, 2.75) is 25.3 Å². The van der Waals surface area contributed by atoms with E-state index >= 15 is 0 Å². The Bertz CT molecular complexity index is 1010. The third kappa shape index (κ3) is 3.11. The third-order valence-electron chi connectivity index (χ3n) is 3.84. The van der Waals surface area contributed by atoms with Gasteiger partial charge in [-0.05, 0) is 43.2 Å². The number of rotatable bonds is 4. The van der Waals surface area contributed by atoms with Crippen LogP contribution in [0.2, 0.25) is 0 Å². The Hall–Kier alpha value is -2.44. The van der Waals surface area contributed by atoms with Gasteiger partial charge in [0.15, 0.2) is 0 Å². The van der Waals surface area contributed by atoms with Crippen molar-refractivity contribution in [3.63, 3.8) is 0 Å². The van der Waals surface area contributed by atoms with E-state index in [0.717, 1.165) is 16.6 Å². The van der Waals surface area contributed by atoms with Gasteiger partial charge in [0.25, 0.3) is 10.0 Å². The van der Waals surface area contributed by atoms with Gasteiger partial charge < -0.3 is 5.11 Å². The van der Waals surface area contributed by atoms with Crippen LogP contribution >= 0.6 is 0 Å². The molecular formula is C18H18N2O3S. The first-order chi connectivity index (χ1) is 11.4. The van der Waals surface area contributed by atoms with E-state index in [1.165, 1.54) is 0 Å². The first-order valence-electron chi connectivity index (χ1n) is 7.50. The van der Waals surface area contributed by atoms with E-state index in [-0.39, 0.29) is 11.5 Å². The zero-order chi connectivity index (χ0) is 17.3. The Morgan fingerprint density at radius 1 is 1.08 bits per heavy atom. The standard InChI is InChI=1S/C18H18N2O3S/c1-12-6-8-14(11-21)10-16(12)20-24(22,23)17-5-3-4-15-9-7-13(2)19-18(15)17/h3-10,20-21H,11H2,1-2H3.